The monoisotopic (exact) mass is 284 g/mol. The third kappa shape index (κ3) is 3.68. The molecule has 2 rings (SSSR count). The summed E-state index contributed by atoms with van der Waals surface area (Å²) in [6.45, 7) is 0.636. The molecule has 0 aromatic heterocycles. The summed E-state index contributed by atoms with van der Waals surface area (Å²) < 4.78 is 27.5. The standard InChI is InChI=1S/C12H16N2O4S/c13-19(16,17)11-6-7-14(8-11)12(15)18-9-10-4-2-1-3-5-10/h1-5,11H,6-9H2,(H2,13,16,17). The number of rotatable bonds is 3. The molecule has 1 aliphatic heterocycles. The first kappa shape index (κ1) is 13.8. The number of nitrogens with zero attached hydrogens (tertiary/aromatic N) is 1. The topological polar surface area (TPSA) is 89.7 Å². The highest BCUT2D eigenvalue weighted by atomic mass is 32.2. The van der Waals surface area contributed by atoms with Crippen LogP contribution in [0.1, 0.15) is 12.0 Å². The number of ether oxygens (including phenoxy) is 1. The van der Waals surface area contributed by atoms with Crippen LogP contribution in [0.3, 0.4) is 0 Å². The van der Waals surface area contributed by atoms with Crippen LogP contribution in [0.25, 0.3) is 0 Å². The van der Waals surface area contributed by atoms with Crippen molar-refractivity contribution in [2.45, 2.75) is 18.3 Å². The molecule has 1 atom stereocenters. The van der Waals surface area contributed by atoms with E-state index in [2.05, 4.69) is 0 Å². The average Bonchev–Trinajstić information content (AvgIpc) is 2.87. The lowest BCUT2D eigenvalue weighted by molar-refractivity contribution is 0.104. The van der Waals surface area contributed by atoms with Crippen molar-refractivity contribution in [3.63, 3.8) is 0 Å². The van der Waals surface area contributed by atoms with Crippen molar-refractivity contribution >= 4 is 16.1 Å². The molecule has 0 spiro atoms. The quantitative estimate of drug-likeness (QED) is 0.884. The van der Waals surface area contributed by atoms with Crippen LogP contribution in [-0.4, -0.2) is 37.8 Å². The first-order chi connectivity index (χ1) is 8.97. The van der Waals surface area contributed by atoms with Gasteiger partial charge in [-0.05, 0) is 12.0 Å². The summed E-state index contributed by atoms with van der Waals surface area (Å²) in [5, 5.41) is 4.38. The van der Waals surface area contributed by atoms with Crippen molar-refractivity contribution < 1.29 is 17.9 Å². The molecule has 0 radical (unpaired) electrons. The number of hydrogen-bond acceptors (Lipinski definition) is 4. The Bertz CT molecular complexity index is 544. The minimum absolute atomic E-state index is 0.104. The molecule has 1 aliphatic rings. The minimum atomic E-state index is -3.59. The van der Waals surface area contributed by atoms with Gasteiger partial charge in [0, 0.05) is 13.1 Å². The van der Waals surface area contributed by atoms with Crippen LogP contribution in [0.5, 0.6) is 0 Å². The SMILES string of the molecule is NS(=O)(=O)C1CCN(C(=O)OCc2ccccc2)C1. The van der Waals surface area contributed by atoms with E-state index in [1.165, 1.54) is 4.90 Å². The van der Waals surface area contributed by atoms with Crippen molar-refractivity contribution in [1.82, 2.24) is 4.90 Å². The van der Waals surface area contributed by atoms with Crippen molar-refractivity contribution in [2.75, 3.05) is 13.1 Å². The van der Waals surface area contributed by atoms with Gasteiger partial charge in [0.2, 0.25) is 10.0 Å². The normalized spacial score (nSPS) is 19.4. The molecule has 1 aromatic rings. The number of nitrogens with two attached hydrogens (primary N) is 1. The van der Waals surface area contributed by atoms with Crippen LogP contribution in [0, 0.1) is 0 Å². The van der Waals surface area contributed by atoms with Gasteiger partial charge >= 0.3 is 6.09 Å². The molecule has 1 aromatic carbocycles. The van der Waals surface area contributed by atoms with Crippen LogP contribution in [0.2, 0.25) is 0 Å². The van der Waals surface area contributed by atoms with Crippen LogP contribution < -0.4 is 5.14 Å². The molecule has 0 aliphatic carbocycles. The smallest absolute Gasteiger partial charge is 0.410 e. The minimum Gasteiger partial charge on any atom is -0.445 e. The maximum atomic E-state index is 11.8. The highest BCUT2D eigenvalue weighted by Crippen LogP contribution is 2.16. The van der Waals surface area contributed by atoms with Gasteiger partial charge in [0.15, 0.2) is 0 Å². The Balaban J connectivity index is 1.85. The Morgan fingerprint density at radius 1 is 1.37 bits per heavy atom. The first-order valence-electron chi connectivity index (χ1n) is 5.94. The van der Waals surface area contributed by atoms with E-state index < -0.39 is 21.4 Å². The second kappa shape index (κ2) is 5.58. The number of amides is 1. The molecule has 1 heterocycles. The summed E-state index contributed by atoms with van der Waals surface area (Å²) in [6.07, 6.45) is -0.144. The Labute approximate surface area is 112 Å². The number of carbonyl (C=O) groups is 1. The van der Waals surface area contributed by atoms with Gasteiger partial charge in [0.1, 0.15) is 6.61 Å². The van der Waals surface area contributed by atoms with Gasteiger partial charge in [-0.25, -0.2) is 18.4 Å². The van der Waals surface area contributed by atoms with E-state index in [0.717, 1.165) is 5.56 Å². The van der Waals surface area contributed by atoms with E-state index >= 15 is 0 Å². The second-order valence-corrected chi connectivity index (χ2v) is 6.33. The van der Waals surface area contributed by atoms with Crippen molar-refractivity contribution in [3.05, 3.63) is 35.9 Å². The van der Waals surface area contributed by atoms with E-state index in [0.29, 0.717) is 13.0 Å². The van der Waals surface area contributed by atoms with E-state index in [4.69, 9.17) is 9.88 Å². The number of benzene rings is 1. The Kier molecular flexibility index (Phi) is 4.06. The third-order valence-electron chi connectivity index (χ3n) is 3.07. The molecule has 1 amide bonds. The van der Waals surface area contributed by atoms with Crippen LogP contribution in [0.4, 0.5) is 4.79 Å². The van der Waals surface area contributed by atoms with Crippen molar-refractivity contribution in [2.24, 2.45) is 5.14 Å². The van der Waals surface area contributed by atoms with Gasteiger partial charge < -0.3 is 9.64 Å². The molecule has 0 bridgehead atoms. The zero-order valence-corrected chi connectivity index (χ0v) is 11.2. The molecule has 1 unspecified atom stereocenters. The fraction of sp³-hybridized carbons (Fsp3) is 0.417. The Morgan fingerprint density at radius 2 is 2.05 bits per heavy atom. The van der Waals surface area contributed by atoms with Crippen LogP contribution >= 0.6 is 0 Å². The highest BCUT2D eigenvalue weighted by Gasteiger charge is 2.33. The Hall–Kier alpha value is -1.60. The third-order valence-corrected chi connectivity index (χ3v) is 4.39. The van der Waals surface area contributed by atoms with Crippen LogP contribution in [0.15, 0.2) is 30.3 Å². The summed E-state index contributed by atoms with van der Waals surface area (Å²) in [6, 6.07) is 9.30. The van der Waals surface area contributed by atoms with Gasteiger partial charge in [-0.2, -0.15) is 0 Å². The maximum Gasteiger partial charge on any atom is 0.410 e. The average molecular weight is 284 g/mol. The van der Waals surface area contributed by atoms with Gasteiger partial charge in [-0.15, -0.1) is 0 Å². The number of primary sulfonamides is 1. The van der Waals surface area contributed by atoms with Crippen molar-refractivity contribution in [1.29, 1.82) is 0 Å². The molecular weight excluding hydrogens is 268 g/mol. The molecular formula is C12H16N2O4S. The summed E-state index contributed by atoms with van der Waals surface area (Å²) in [7, 11) is -3.59. The van der Waals surface area contributed by atoms with E-state index in [1.807, 2.05) is 30.3 Å². The largest absolute Gasteiger partial charge is 0.445 e. The predicted octanol–water partition coefficient (Wildman–Crippen LogP) is 0.686. The van der Waals surface area contributed by atoms with Gasteiger partial charge in [0.05, 0.1) is 5.25 Å². The lowest BCUT2D eigenvalue weighted by Gasteiger charge is -2.15. The number of sulfonamides is 1. The van der Waals surface area contributed by atoms with Gasteiger partial charge in [-0.1, -0.05) is 30.3 Å². The van der Waals surface area contributed by atoms with E-state index in [-0.39, 0.29) is 13.2 Å². The molecule has 2 N–H and O–H groups in total. The fourth-order valence-corrected chi connectivity index (χ4v) is 2.79. The zero-order valence-electron chi connectivity index (χ0n) is 10.4. The molecule has 1 fully saturated rings. The lowest BCUT2D eigenvalue weighted by atomic mass is 10.2. The first-order valence-corrected chi connectivity index (χ1v) is 7.55. The Morgan fingerprint density at radius 3 is 2.63 bits per heavy atom. The lowest BCUT2D eigenvalue weighted by Crippen LogP contribution is -2.34. The van der Waals surface area contributed by atoms with Gasteiger partial charge in [0.25, 0.3) is 0 Å². The highest BCUT2D eigenvalue weighted by molar-refractivity contribution is 7.89. The number of likely N-dealkylation sites (tertiary alicyclic amines) is 1. The summed E-state index contributed by atoms with van der Waals surface area (Å²) in [5.74, 6) is 0. The summed E-state index contributed by atoms with van der Waals surface area (Å²) in [4.78, 5) is 13.1. The molecule has 0 saturated carbocycles. The zero-order chi connectivity index (χ0) is 13.9. The molecule has 19 heavy (non-hydrogen) atoms. The summed E-state index contributed by atoms with van der Waals surface area (Å²) >= 11 is 0. The second-order valence-electron chi connectivity index (χ2n) is 4.49. The molecule has 104 valence electrons. The fourth-order valence-electron chi connectivity index (χ4n) is 1.97. The van der Waals surface area contributed by atoms with Crippen molar-refractivity contribution in [3.8, 4) is 0 Å². The molecule has 7 heteroatoms. The van der Waals surface area contributed by atoms with Gasteiger partial charge in [-0.3, -0.25) is 0 Å². The molecule has 1 saturated heterocycles. The summed E-state index contributed by atoms with van der Waals surface area (Å²) in [5.41, 5.74) is 0.887. The van der Waals surface area contributed by atoms with E-state index in [1.54, 1.807) is 0 Å². The number of hydrogen-bond donors (Lipinski definition) is 1. The molecule has 6 nitrogen and oxygen atoms in total. The maximum absolute atomic E-state index is 11.8. The van der Waals surface area contributed by atoms with E-state index in [9.17, 15) is 13.2 Å². The van der Waals surface area contributed by atoms with Crippen LogP contribution in [-0.2, 0) is 21.4 Å². The number of carbonyl (C=O) groups excluding carboxylic acids is 1. The predicted molar refractivity (Wildman–Crippen MR) is 69.7 cm³/mol.